The molecular formula is C13H12ClFN2. The Labute approximate surface area is 104 Å². The maximum Gasteiger partial charge on any atom is 0.131 e. The van der Waals surface area contributed by atoms with Crippen molar-refractivity contribution < 1.29 is 4.39 Å². The lowest BCUT2D eigenvalue weighted by Crippen LogP contribution is -2.04. The molecule has 0 aliphatic rings. The summed E-state index contributed by atoms with van der Waals surface area (Å²) in [4.78, 5) is 3.90. The first-order chi connectivity index (χ1) is 8.24. The molecule has 2 nitrogen and oxygen atoms in total. The average Bonchev–Trinajstić information content (AvgIpc) is 2.32. The maximum absolute atomic E-state index is 12.7. The van der Waals surface area contributed by atoms with Gasteiger partial charge in [0.15, 0.2) is 0 Å². The Kier molecular flexibility index (Phi) is 3.94. The van der Waals surface area contributed by atoms with Gasteiger partial charge < -0.3 is 5.32 Å². The van der Waals surface area contributed by atoms with E-state index in [-0.39, 0.29) is 5.82 Å². The van der Waals surface area contributed by atoms with Crippen molar-refractivity contribution in [2.75, 3.05) is 11.9 Å². The quantitative estimate of drug-likeness (QED) is 0.840. The van der Waals surface area contributed by atoms with Gasteiger partial charge in [-0.15, -0.1) is 0 Å². The SMILES string of the molecule is Fc1ccc(CCNc2ccnc(Cl)c2)cc1. The largest absolute Gasteiger partial charge is 0.385 e. The van der Waals surface area contributed by atoms with Crippen LogP contribution in [-0.2, 0) is 6.42 Å². The van der Waals surface area contributed by atoms with Crippen molar-refractivity contribution in [3.63, 3.8) is 0 Å². The molecule has 0 bridgehead atoms. The van der Waals surface area contributed by atoms with Crippen LogP contribution in [0, 0.1) is 5.82 Å². The standard InChI is InChI=1S/C13H12ClFN2/c14-13-9-12(6-8-17-13)16-7-5-10-1-3-11(15)4-2-10/h1-4,6,8-9H,5,7H2,(H,16,17). The molecule has 1 aromatic carbocycles. The molecule has 0 saturated heterocycles. The molecular weight excluding hydrogens is 239 g/mol. The van der Waals surface area contributed by atoms with Gasteiger partial charge in [-0.05, 0) is 36.2 Å². The van der Waals surface area contributed by atoms with Gasteiger partial charge in [-0.2, -0.15) is 0 Å². The van der Waals surface area contributed by atoms with Crippen LogP contribution in [0.25, 0.3) is 0 Å². The summed E-state index contributed by atoms with van der Waals surface area (Å²) in [6.07, 6.45) is 2.49. The third kappa shape index (κ3) is 3.71. The molecule has 0 spiro atoms. The molecule has 1 aromatic heterocycles. The van der Waals surface area contributed by atoms with Crippen LogP contribution in [0.5, 0.6) is 0 Å². The number of nitrogens with zero attached hydrogens (tertiary/aromatic N) is 1. The van der Waals surface area contributed by atoms with Gasteiger partial charge in [-0.25, -0.2) is 9.37 Å². The van der Waals surface area contributed by atoms with E-state index in [1.807, 2.05) is 6.07 Å². The number of nitrogens with one attached hydrogen (secondary N) is 1. The molecule has 4 heteroatoms. The molecule has 1 heterocycles. The number of halogens is 2. The van der Waals surface area contributed by atoms with Crippen LogP contribution in [-0.4, -0.2) is 11.5 Å². The van der Waals surface area contributed by atoms with E-state index in [9.17, 15) is 4.39 Å². The molecule has 2 aromatic rings. The minimum atomic E-state index is -0.206. The van der Waals surface area contributed by atoms with Crippen molar-refractivity contribution in [1.29, 1.82) is 0 Å². The van der Waals surface area contributed by atoms with Crippen molar-refractivity contribution in [1.82, 2.24) is 4.98 Å². The van der Waals surface area contributed by atoms with Crippen LogP contribution >= 0.6 is 11.6 Å². The van der Waals surface area contributed by atoms with Crippen molar-refractivity contribution >= 4 is 17.3 Å². The molecule has 88 valence electrons. The third-order valence-electron chi connectivity index (χ3n) is 2.38. The minimum absolute atomic E-state index is 0.206. The predicted octanol–water partition coefficient (Wildman–Crippen LogP) is 3.53. The van der Waals surface area contributed by atoms with Crippen molar-refractivity contribution in [3.05, 3.63) is 59.1 Å². The maximum atomic E-state index is 12.7. The normalized spacial score (nSPS) is 10.2. The molecule has 0 amide bonds. The van der Waals surface area contributed by atoms with Crippen LogP contribution in [0.15, 0.2) is 42.6 Å². The molecule has 0 unspecified atom stereocenters. The first kappa shape index (κ1) is 11.9. The summed E-state index contributed by atoms with van der Waals surface area (Å²) in [5.41, 5.74) is 2.03. The lowest BCUT2D eigenvalue weighted by molar-refractivity contribution is 0.627. The van der Waals surface area contributed by atoms with E-state index in [1.54, 1.807) is 24.4 Å². The summed E-state index contributed by atoms with van der Waals surface area (Å²) in [6.45, 7) is 0.770. The van der Waals surface area contributed by atoms with E-state index in [4.69, 9.17) is 11.6 Å². The van der Waals surface area contributed by atoms with Crippen molar-refractivity contribution in [3.8, 4) is 0 Å². The van der Waals surface area contributed by atoms with Crippen LogP contribution in [0.4, 0.5) is 10.1 Å². The zero-order valence-electron chi connectivity index (χ0n) is 9.16. The van der Waals surface area contributed by atoms with Gasteiger partial charge in [-0.3, -0.25) is 0 Å². The summed E-state index contributed by atoms with van der Waals surface area (Å²) in [5.74, 6) is -0.206. The fraction of sp³-hybridized carbons (Fsp3) is 0.154. The summed E-state index contributed by atoms with van der Waals surface area (Å²) in [6, 6.07) is 10.1. The molecule has 0 aliphatic carbocycles. The number of rotatable bonds is 4. The topological polar surface area (TPSA) is 24.9 Å². The van der Waals surface area contributed by atoms with E-state index >= 15 is 0 Å². The zero-order valence-corrected chi connectivity index (χ0v) is 9.91. The predicted molar refractivity (Wildman–Crippen MR) is 67.8 cm³/mol. The number of anilines is 1. The van der Waals surface area contributed by atoms with E-state index in [0.717, 1.165) is 24.2 Å². The van der Waals surface area contributed by atoms with Gasteiger partial charge in [0.1, 0.15) is 11.0 Å². The highest BCUT2D eigenvalue weighted by Gasteiger charge is 1.96. The Morgan fingerprint density at radius 1 is 1.18 bits per heavy atom. The number of aromatic nitrogens is 1. The van der Waals surface area contributed by atoms with Gasteiger partial charge in [0, 0.05) is 18.4 Å². The fourth-order valence-corrected chi connectivity index (χ4v) is 1.69. The number of hydrogen-bond donors (Lipinski definition) is 1. The molecule has 0 aliphatic heterocycles. The van der Waals surface area contributed by atoms with Gasteiger partial charge in [0.2, 0.25) is 0 Å². The van der Waals surface area contributed by atoms with E-state index in [0.29, 0.717) is 5.15 Å². The van der Waals surface area contributed by atoms with Crippen LogP contribution < -0.4 is 5.32 Å². The van der Waals surface area contributed by atoms with Gasteiger partial charge in [-0.1, -0.05) is 23.7 Å². The first-order valence-electron chi connectivity index (χ1n) is 5.34. The number of pyridine rings is 1. The average molecular weight is 251 g/mol. The Bertz CT molecular complexity index is 485. The molecule has 0 radical (unpaired) electrons. The summed E-state index contributed by atoms with van der Waals surface area (Å²) < 4.78 is 12.7. The molecule has 1 N–H and O–H groups in total. The number of benzene rings is 1. The van der Waals surface area contributed by atoms with Crippen molar-refractivity contribution in [2.24, 2.45) is 0 Å². The molecule has 0 saturated carbocycles. The second kappa shape index (κ2) is 5.64. The van der Waals surface area contributed by atoms with E-state index in [2.05, 4.69) is 10.3 Å². The highest BCUT2D eigenvalue weighted by molar-refractivity contribution is 6.29. The Morgan fingerprint density at radius 2 is 1.94 bits per heavy atom. The van der Waals surface area contributed by atoms with Crippen LogP contribution in [0.1, 0.15) is 5.56 Å². The Morgan fingerprint density at radius 3 is 2.65 bits per heavy atom. The molecule has 17 heavy (non-hydrogen) atoms. The summed E-state index contributed by atoms with van der Waals surface area (Å²) in [7, 11) is 0. The zero-order chi connectivity index (χ0) is 12.1. The lowest BCUT2D eigenvalue weighted by Gasteiger charge is -2.06. The van der Waals surface area contributed by atoms with Crippen molar-refractivity contribution in [2.45, 2.75) is 6.42 Å². The number of hydrogen-bond acceptors (Lipinski definition) is 2. The second-order valence-electron chi connectivity index (χ2n) is 3.67. The minimum Gasteiger partial charge on any atom is -0.385 e. The van der Waals surface area contributed by atoms with Crippen LogP contribution in [0.3, 0.4) is 0 Å². The smallest absolute Gasteiger partial charge is 0.131 e. The second-order valence-corrected chi connectivity index (χ2v) is 4.06. The van der Waals surface area contributed by atoms with Gasteiger partial charge in [0.25, 0.3) is 0 Å². The highest BCUT2D eigenvalue weighted by atomic mass is 35.5. The Balaban J connectivity index is 1.85. The molecule has 0 fully saturated rings. The van der Waals surface area contributed by atoms with E-state index in [1.165, 1.54) is 12.1 Å². The fourth-order valence-electron chi connectivity index (χ4n) is 1.51. The summed E-state index contributed by atoms with van der Waals surface area (Å²) in [5, 5.41) is 3.70. The molecule has 0 atom stereocenters. The van der Waals surface area contributed by atoms with Gasteiger partial charge in [0.05, 0.1) is 0 Å². The Hall–Kier alpha value is -1.61. The first-order valence-corrected chi connectivity index (χ1v) is 5.72. The monoisotopic (exact) mass is 250 g/mol. The molecule has 2 rings (SSSR count). The van der Waals surface area contributed by atoms with Gasteiger partial charge >= 0.3 is 0 Å². The highest BCUT2D eigenvalue weighted by Crippen LogP contribution is 2.12. The van der Waals surface area contributed by atoms with E-state index < -0.39 is 0 Å². The third-order valence-corrected chi connectivity index (χ3v) is 2.59. The van der Waals surface area contributed by atoms with Crippen LogP contribution in [0.2, 0.25) is 5.15 Å². The summed E-state index contributed by atoms with van der Waals surface area (Å²) >= 11 is 5.77. The lowest BCUT2D eigenvalue weighted by atomic mass is 10.1.